The molecule has 1 aromatic rings. The van der Waals surface area contributed by atoms with Crippen LogP contribution in [0, 0.1) is 22.0 Å². The zero-order valence-corrected chi connectivity index (χ0v) is 12.3. The fourth-order valence-corrected chi connectivity index (χ4v) is 3.60. The average Bonchev–Trinajstić information content (AvgIpc) is 2.40. The number of carbonyl (C=O) groups is 1. The zero-order chi connectivity index (χ0) is 14.3. The Morgan fingerprint density at radius 1 is 1.25 bits per heavy atom. The van der Waals surface area contributed by atoms with E-state index in [1.54, 1.807) is 0 Å². The summed E-state index contributed by atoms with van der Waals surface area (Å²) in [6, 6.07) is 6.72. The molecule has 0 N–H and O–H groups in total. The van der Waals surface area contributed by atoms with Gasteiger partial charge in [-0.2, -0.15) is 0 Å². The van der Waals surface area contributed by atoms with Crippen LogP contribution in [0.15, 0.2) is 28.7 Å². The molecule has 2 fully saturated rings. The van der Waals surface area contributed by atoms with Crippen LogP contribution in [0.3, 0.4) is 0 Å². The number of rotatable bonds is 2. The highest BCUT2D eigenvalue weighted by Crippen LogP contribution is 2.42. The number of carbonyl (C=O) groups excluding carboxylic acids is 1. The van der Waals surface area contributed by atoms with Crippen LogP contribution in [-0.4, -0.2) is 30.0 Å². The molecule has 5 nitrogen and oxygen atoms in total. The molecule has 1 aliphatic carbocycles. The van der Waals surface area contributed by atoms with Gasteiger partial charge in [-0.15, -0.1) is 0 Å². The maximum Gasteiger partial charge on any atom is 0.221 e. The van der Waals surface area contributed by atoms with Crippen molar-refractivity contribution in [3.8, 4) is 0 Å². The van der Waals surface area contributed by atoms with Crippen molar-refractivity contribution in [1.29, 1.82) is 0 Å². The average molecular weight is 340 g/mol. The first kappa shape index (κ1) is 13.7. The number of halogens is 1. The molecule has 1 aliphatic heterocycles. The highest BCUT2D eigenvalue weighted by atomic mass is 79.9. The van der Waals surface area contributed by atoms with Crippen molar-refractivity contribution in [2.75, 3.05) is 13.2 Å². The van der Waals surface area contributed by atoms with E-state index in [-0.39, 0.29) is 34.9 Å². The number of nitro groups is 1. The van der Waals surface area contributed by atoms with Crippen molar-refractivity contribution in [2.45, 2.75) is 18.4 Å². The Hall–Kier alpha value is -1.27. The van der Waals surface area contributed by atoms with Crippen LogP contribution in [0.2, 0.25) is 0 Å². The summed E-state index contributed by atoms with van der Waals surface area (Å²) >= 11 is 3.35. The smallest absolute Gasteiger partial charge is 0.221 e. The van der Waals surface area contributed by atoms with Crippen LogP contribution in [0.25, 0.3) is 0 Å². The predicted octanol–water partition coefficient (Wildman–Crippen LogP) is 2.41. The SMILES string of the molecule is O=C1[C@@H]2COC[C@H]1[C@H](c1ccc(Br)cc1)[C@@H]([N+](=O)[O-])C2. The topological polar surface area (TPSA) is 69.4 Å². The Balaban J connectivity index is 2.00. The number of fused-ring (bicyclic) bond motifs is 2. The van der Waals surface area contributed by atoms with Crippen LogP contribution < -0.4 is 0 Å². The number of nitrogens with zero attached hydrogens (tertiary/aromatic N) is 1. The fraction of sp³-hybridized carbons (Fsp3) is 0.500. The minimum absolute atomic E-state index is 0.127. The second kappa shape index (κ2) is 5.26. The summed E-state index contributed by atoms with van der Waals surface area (Å²) in [5.74, 6) is -0.959. The molecule has 1 saturated carbocycles. The van der Waals surface area contributed by atoms with Crippen molar-refractivity contribution in [3.63, 3.8) is 0 Å². The second-order valence-electron chi connectivity index (χ2n) is 5.41. The number of ether oxygens (including phenoxy) is 1. The standard InChI is InChI=1S/C14H14BrNO4/c15-10-3-1-8(2-4-10)13-11-7-20-6-9(14(11)17)5-12(13)16(18)19/h1-4,9,11-13H,5-7H2/t9-,11-,12-,13-/m0/s1. The molecule has 0 amide bonds. The van der Waals surface area contributed by atoms with E-state index < -0.39 is 6.04 Å². The third-order valence-electron chi connectivity index (χ3n) is 4.28. The Bertz CT molecular complexity index is 543. The number of hydrogen-bond acceptors (Lipinski definition) is 4. The molecule has 0 aromatic heterocycles. The lowest BCUT2D eigenvalue weighted by molar-refractivity contribution is -0.532. The highest BCUT2D eigenvalue weighted by Gasteiger charge is 2.52. The first-order valence-corrected chi connectivity index (χ1v) is 7.37. The van der Waals surface area contributed by atoms with Crippen molar-refractivity contribution < 1.29 is 14.5 Å². The maximum atomic E-state index is 12.3. The molecule has 20 heavy (non-hydrogen) atoms. The van der Waals surface area contributed by atoms with E-state index in [1.807, 2.05) is 24.3 Å². The Morgan fingerprint density at radius 3 is 2.60 bits per heavy atom. The third kappa shape index (κ3) is 2.27. The summed E-state index contributed by atoms with van der Waals surface area (Å²) in [5.41, 5.74) is 0.845. The van der Waals surface area contributed by atoms with Gasteiger partial charge in [0.05, 0.1) is 25.0 Å². The minimum atomic E-state index is -0.701. The number of Topliss-reactive ketones (excluding diaryl/α,β-unsaturated/α-hetero) is 1. The van der Waals surface area contributed by atoms with Crippen LogP contribution in [0.1, 0.15) is 17.9 Å². The summed E-state index contributed by atoms with van der Waals surface area (Å²) in [7, 11) is 0. The van der Waals surface area contributed by atoms with Crippen LogP contribution in [-0.2, 0) is 9.53 Å². The first-order valence-electron chi connectivity index (χ1n) is 6.58. The molecule has 3 rings (SSSR count). The number of hydrogen-bond donors (Lipinski definition) is 0. The zero-order valence-electron chi connectivity index (χ0n) is 10.7. The van der Waals surface area contributed by atoms with Gasteiger partial charge in [0.1, 0.15) is 5.78 Å². The molecule has 6 heteroatoms. The minimum Gasteiger partial charge on any atom is -0.380 e. The van der Waals surface area contributed by atoms with Crippen molar-refractivity contribution >= 4 is 21.7 Å². The Morgan fingerprint density at radius 2 is 1.95 bits per heavy atom. The molecule has 0 unspecified atom stereocenters. The van der Waals surface area contributed by atoms with Gasteiger partial charge in [-0.25, -0.2) is 0 Å². The van der Waals surface area contributed by atoms with E-state index in [9.17, 15) is 14.9 Å². The molecule has 0 radical (unpaired) electrons. The summed E-state index contributed by atoms with van der Waals surface area (Å²) in [5, 5.41) is 11.4. The second-order valence-corrected chi connectivity index (χ2v) is 6.32. The molecule has 0 spiro atoms. The summed E-state index contributed by atoms with van der Waals surface area (Å²) in [4.78, 5) is 23.5. The van der Waals surface area contributed by atoms with Gasteiger partial charge in [-0.3, -0.25) is 14.9 Å². The molecule has 1 saturated heterocycles. The molecule has 1 aromatic carbocycles. The van der Waals surface area contributed by atoms with E-state index >= 15 is 0 Å². The summed E-state index contributed by atoms with van der Waals surface area (Å²) < 4.78 is 6.37. The molecular weight excluding hydrogens is 326 g/mol. The predicted molar refractivity (Wildman–Crippen MR) is 75.1 cm³/mol. The molecular formula is C14H14BrNO4. The van der Waals surface area contributed by atoms with Crippen molar-refractivity contribution in [1.82, 2.24) is 0 Å². The summed E-state index contributed by atoms with van der Waals surface area (Å²) in [6.45, 7) is 0.618. The monoisotopic (exact) mass is 339 g/mol. The van der Waals surface area contributed by atoms with Gasteiger partial charge in [0, 0.05) is 21.7 Å². The summed E-state index contributed by atoms with van der Waals surface area (Å²) in [6.07, 6.45) is 0.281. The van der Waals surface area contributed by atoms with Crippen LogP contribution in [0.4, 0.5) is 0 Å². The Kier molecular flexibility index (Phi) is 3.60. The maximum absolute atomic E-state index is 12.3. The molecule has 106 valence electrons. The van der Waals surface area contributed by atoms with E-state index in [2.05, 4.69) is 15.9 Å². The van der Waals surface area contributed by atoms with Crippen molar-refractivity contribution in [2.24, 2.45) is 11.8 Å². The molecule has 1 heterocycles. The van der Waals surface area contributed by atoms with Gasteiger partial charge in [-0.05, 0) is 17.7 Å². The molecule has 2 bridgehead atoms. The quantitative estimate of drug-likeness (QED) is 0.612. The third-order valence-corrected chi connectivity index (χ3v) is 4.81. The lowest BCUT2D eigenvalue weighted by atomic mass is 9.67. The largest absolute Gasteiger partial charge is 0.380 e. The molecule has 2 aliphatic rings. The van der Waals surface area contributed by atoms with Gasteiger partial charge in [0.15, 0.2) is 0 Å². The lowest BCUT2D eigenvalue weighted by Gasteiger charge is -2.40. The normalized spacial score (nSPS) is 33.0. The van der Waals surface area contributed by atoms with Gasteiger partial charge in [-0.1, -0.05) is 28.1 Å². The van der Waals surface area contributed by atoms with Crippen molar-refractivity contribution in [3.05, 3.63) is 44.4 Å². The van der Waals surface area contributed by atoms with Gasteiger partial charge in [0.2, 0.25) is 6.04 Å². The van der Waals surface area contributed by atoms with E-state index in [0.29, 0.717) is 13.2 Å². The number of benzene rings is 1. The van der Waals surface area contributed by atoms with Crippen LogP contribution >= 0.6 is 15.9 Å². The van der Waals surface area contributed by atoms with Crippen LogP contribution in [0.5, 0.6) is 0 Å². The Labute approximate surface area is 124 Å². The van der Waals surface area contributed by atoms with Gasteiger partial charge >= 0.3 is 0 Å². The number of ketones is 1. The van der Waals surface area contributed by atoms with Gasteiger partial charge < -0.3 is 4.74 Å². The van der Waals surface area contributed by atoms with E-state index in [4.69, 9.17) is 4.74 Å². The van der Waals surface area contributed by atoms with E-state index in [0.717, 1.165) is 10.0 Å². The lowest BCUT2D eigenvalue weighted by Crippen LogP contribution is -2.51. The van der Waals surface area contributed by atoms with Gasteiger partial charge in [0.25, 0.3) is 0 Å². The molecule has 4 atom stereocenters. The van der Waals surface area contributed by atoms with E-state index in [1.165, 1.54) is 0 Å². The first-order chi connectivity index (χ1) is 9.58. The fourth-order valence-electron chi connectivity index (χ4n) is 3.33. The highest BCUT2D eigenvalue weighted by molar-refractivity contribution is 9.10.